The normalized spacial score (nSPS) is 9.96. The van der Waals surface area contributed by atoms with E-state index < -0.39 is 29.3 Å². The molecule has 0 unspecified atom stereocenters. The Morgan fingerprint density at radius 1 is 1.26 bits per heavy atom. The van der Waals surface area contributed by atoms with Crippen LogP contribution in [0.2, 0.25) is 0 Å². The molecule has 0 spiro atoms. The molecule has 2 aromatic carbocycles. The number of para-hydroxylation sites is 1. The van der Waals surface area contributed by atoms with Gasteiger partial charge < -0.3 is 10.1 Å². The minimum atomic E-state index is -0.913. The van der Waals surface area contributed by atoms with Gasteiger partial charge in [0.15, 0.2) is 6.61 Å². The van der Waals surface area contributed by atoms with Crippen LogP contribution in [0.25, 0.3) is 0 Å². The van der Waals surface area contributed by atoms with Crippen LogP contribution in [0, 0.1) is 15.9 Å². The molecule has 3 amide bonds. The van der Waals surface area contributed by atoms with E-state index in [1.165, 1.54) is 42.5 Å². The Bertz CT molecular complexity index is 885. The van der Waals surface area contributed by atoms with E-state index in [0.717, 1.165) is 6.07 Å². The van der Waals surface area contributed by atoms with E-state index in [9.17, 15) is 24.1 Å². The fourth-order valence-electron chi connectivity index (χ4n) is 2.16. The number of allylic oxidation sites excluding steroid dienone is 1. The van der Waals surface area contributed by atoms with Crippen LogP contribution in [0.15, 0.2) is 55.1 Å². The van der Waals surface area contributed by atoms with Crippen molar-refractivity contribution in [2.45, 2.75) is 6.42 Å². The predicted octanol–water partition coefficient (Wildman–Crippen LogP) is 3.19. The van der Waals surface area contributed by atoms with Crippen molar-refractivity contribution in [3.63, 3.8) is 0 Å². The standard InChI is InChI=1S/C18H16FN3O5/c1-2-5-12-10-13(22(25)26)8-9-16(12)27-11-17(23)21-18(24)20-15-7-4-3-6-14(15)19/h2-4,6-10H,1,5,11H2,(H2,20,21,23,24). The Morgan fingerprint density at radius 2 is 2.00 bits per heavy atom. The summed E-state index contributed by atoms with van der Waals surface area (Å²) in [6.45, 7) is 3.06. The number of urea groups is 1. The zero-order chi connectivity index (χ0) is 19.8. The topological polar surface area (TPSA) is 111 Å². The minimum absolute atomic E-state index is 0.0765. The lowest BCUT2D eigenvalue weighted by Gasteiger charge is -2.11. The first kappa shape index (κ1) is 19.6. The number of ether oxygens (including phenoxy) is 1. The zero-order valence-electron chi connectivity index (χ0n) is 14.1. The number of rotatable bonds is 7. The second-order valence-corrected chi connectivity index (χ2v) is 5.31. The van der Waals surface area contributed by atoms with E-state index >= 15 is 0 Å². The van der Waals surface area contributed by atoms with Crippen LogP contribution in [-0.2, 0) is 11.2 Å². The van der Waals surface area contributed by atoms with Gasteiger partial charge in [-0.15, -0.1) is 6.58 Å². The number of hydrogen-bond donors (Lipinski definition) is 2. The van der Waals surface area contributed by atoms with Crippen molar-refractivity contribution in [1.82, 2.24) is 5.32 Å². The van der Waals surface area contributed by atoms with Gasteiger partial charge in [0.05, 0.1) is 10.6 Å². The number of non-ortho nitro benzene ring substituents is 1. The Kier molecular flexibility index (Phi) is 6.59. The van der Waals surface area contributed by atoms with Crippen LogP contribution in [0.3, 0.4) is 0 Å². The van der Waals surface area contributed by atoms with Crippen LogP contribution in [0.5, 0.6) is 5.75 Å². The summed E-state index contributed by atoms with van der Waals surface area (Å²) in [6, 6.07) is 8.50. The molecule has 0 aliphatic heterocycles. The van der Waals surface area contributed by atoms with E-state index in [1.807, 2.05) is 5.32 Å². The molecule has 0 radical (unpaired) electrons. The summed E-state index contributed by atoms with van der Waals surface area (Å²) >= 11 is 0. The summed E-state index contributed by atoms with van der Waals surface area (Å²) in [7, 11) is 0. The Morgan fingerprint density at radius 3 is 2.67 bits per heavy atom. The summed E-state index contributed by atoms with van der Waals surface area (Å²) < 4.78 is 18.8. The summed E-state index contributed by atoms with van der Waals surface area (Å²) in [6.07, 6.45) is 1.83. The first-order chi connectivity index (χ1) is 12.9. The largest absolute Gasteiger partial charge is 0.483 e. The first-order valence-electron chi connectivity index (χ1n) is 7.77. The van der Waals surface area contributed by atoms with Gasteiger partial charge in [0.1, 0.15) is 11.6 Å². The lowest BCUT2D eigenvalue weighted by atomic mass is 10.1. The second kappa shape index (κ2) is 9.09. The van der Waals surface area contributed by atoms with E-state index in [0.29, 0.717) is 12.0 Å². The third-order valence-electron chi connectivity index (χ3n) is 3.35. The van der Waals surface area contributed by atoms with Crippen molar-refractivity contribution < 1.29 is 23.6 Å². The van der Waals surface area contributed by atoms with E-state index in [1.54, 1.807) is 0 Å². The average molecular weight is 373 g/mol. The number of halogens is 1. The molecule has 27 heavy (non-hydrogen) atoms. The number of benzene rings is 2. The number of nitrogens with zero attached hydrogens (tertiary/aromatic N) is 1. The molecule has 0 saturated heterocycles. The fraction of sp³-hybridized carbons (Fsp3) is 0.111. The number of nitro groups is 1. The van der Waals surface area contributed by atoms with Crippen molar-refractivity contribution in [3.05, 3.63) is 76.6 Å². The number of carbonyl (C=O) groups excluding carboxylic acids is 2. The quantitative estimate of drug-likeness (QED) is 0.440. The summed E-state index contributed by atoms with van der Waals surface area (Å²) in [5.74, 6) is -1.16. The van der Waals surface area contributed by atoms with Gasteiger partial charge in [0.2, 0.25) is 0 Å². The minimum Gasteiger partial charge on any atom is -0.483 e. The molecule has 2 rings (SSSR count). The molecule has 0 saturated carbocycles. The highest BCUT2D eigenvalue weighted by Gasteiger charge is 2.14. The van der Waals surface area contributed by atoms with Gasteiger partial charge in [0, 0.05) is 17.7 Å². The molecule has 2 N–H and O–H groups in total. The van der Waals surface area contributed by atoms with Gasteiger partial charge in [-0.3, -0.25) is 20.2 Å². The molecule has 2 aromatic rings. The zero-order valence-corrected chi connectivity index (χ0v) is 14.1. The highest BCUT2D eigenvalue weighted by molar-refractivity contribution is 6.01. The number of imide groups is 1. The molecule has 0 fully saturated rings. The number of nitrogens with one attached hydrogen (secondary N) is 2. The van der Waals surface area contributed by atoms with Gasteiger partial charge in [-0.2, -0.15) is 0 Å². The second-order valence-electron chi connectivity index (χ2n) is 5.31. The molecule has 8 nitrogen and oxygen atoms in total. The number of carbonyl (C=O) groups is 2. The third-order valence-corrected chi connectivity index (χ3v) is 3.35. The Hall–Kier alpha value is -3.75. The first-order valence-corrected chi connectivity index (χ1v) is 7.77. The molecular formula is C18H16FN3O5. The maximum absolute atomic E-state index is 13.5. The van der Waals surface area contributed by atoms with Gasteiger partial charge in [-0.25, -0.2) is 9.18 Å². The number of anilines is 1. The molecule has 0 heterocycles. The Labute approximate surface area is 153 Å². The molecule has 140 valence electrons. The summed E-state index contributed by atoms with van der Waals surface area (Å²) in [5, 5.41) is 15.0. The summed E-state index contributed by atoms with van der Waals surface area (Å²) in [5.41, 5.74) is 0.281. The maximum atomic E-state index is 13.5. The smallest absolute Gasteiger partial charge is 0.326 e. The van der Waals surface area contributed by atoms with Crippen molar-refractivity contribution in [2.24, 2.45) is 0 Å². The lowest BCUT2D eigenvalue weighted by molar-refractivity contribution is -0.384. The van der Waals surface area contributed by atoms with Crippen LogP contribution in [0.1, 0.15) is 5.56 Å². The van der Waals surface area contributed by atoms with Crippen LogP contribution in [-0.4, -0.2) is 23.5 Å². The highest BCUT2D eigenvalue weighted by atomic mass is 19.1. The molecule has 0 aliphatic carbocycles. The van der Waals surface area contributed by atoms with E-state index in [4.69, 9.17) is 4.74 Å². The van der Waals surface area contributed by atoms with Gasteiger partial charge >= 0.3 is 6.03 Å². The number of amides is 3. The maximum Gasteiger partial charge on any atom is 0.326 e. The van der Waals surface area contributed by atoms with Gasteiger partial charge in [0.25, 0.3) is 11.6 Å². The molecule has 0 atom stereocenters. The molecule has 0 aliphatic rings. The highest BCUT2D eigenvalue weighted by Crippen LogP contribution is 2.25. The Balaban J connectivity index is 1.95. The number of hydrogen-bond acceptors (Lipinski definition) is 5. The van der Waals surface area contributed by atoms with Crippen LogP contribution >= 0.6 is 0 Å². The fourth-order valence-corrected chi connectivity index (χ4v) is 2.16. The molecule has 0 aromatic heterocycles. The van der Waals surface area contributed by atoms with Crippen molar-refractivity contribution >= 4 is 23.3 Å². The van der Waals surface area contributed by atoms with Crippen molar-refractivity contribution in [3.8, 4) is 5.75 Å². The third kappa shape index (κ3) is 5.63. The molecular weight excluding hydrogens is 357 g/mol. The van der Waals surface area contributed by atoms with Crippen LogP contribution in [0.4, 0.5) is 20.6 Å². The van der Waals surface area contributed by atoms with Crippen molar-refractivity contribution in [1.29, 1.82) is 0 Å². The lowest BCUT2D eigenvalue weighted by Crippen LogP contribution is -2.37. The molecule has 9 heteroatoms. The summed E-state index contributed by atoms with van der Waals surface area (Å²) in [4.78, 5) is 33.8. The van der Waals surface area contributed by atoms with E-state index in [-0.39, 0.29) is 17.1 Å². The number of nitro benzene ring substituents is 1. The molecule has 0 bridgehead atoms. The van der Waals surface area contributed by atoms with Gasteiger partial charge in [-0.05, 0) is 24.6 Å². The van der Waals surface area contributed by atoms with Crippen LogP contribution < -0.4 is 15.4 Å². The van der Waals surface area contributed by atoms with Gasteiger partial charge in [-0.1, -0.05) is 18.2 Å². The monoisotopic (exact) mass is 373 g/mol. The SMILES string of the molecule is C=CCc1cc([N+](=O)[O-])ccc1OCC(=O)NC(=O)Nc1ccccc1F. The van der Waals surface area contributed by atoms with Crippen molar-refractivity contribution in [2.75, 3.05) is 11.9 Å². The average Bonchev–Trinajstić information content (AvgIpc) is 2.62. The van der Waals surface area contributed by atoms with E-state index in [2.05, 4.69) is 11.9 Å². The predicted molar refractivity (Wildman–Crippen MR) is 96.1 cm³/mol.